The summed E-state index contributed by atoms with van der Waals surface area (Å²) < 4.78 is 5.48. The number of aromatic nitrogens is 1. The highest BCUT2D eigenvalue weighted by Crippen LogP contribution is 2.18. The van der Waals surface area contributed by atoms with Gasteiger partial charge in [0.05, 0.1) is 6.21 Å². The average molecular weight is 304 g/mol. The van der Waals surface area contributed by atoms with Gasteiger partial charge in [0.15, 0.2) is 6.10 Å². The first-order chi connectivity index (χ1) is 10.1. The number of hydrazone groups is 1. The second kappa shape index (κ2) is 7.40. The van der Waals surface area contributed by atoms with Crippen molar-refractivity contribution in [3.05, 3.63) is 59.4 Å². The molecule has 0 radical (unpaired) electrons. The van der Waals surface area contributed by atoms with Crippen LogP contribution in [0.1, 0.15) is 12.5 Å². The zero-order valence-electron chi connectivity index (χ0n) is 11.4. The third-order valence-electron chi connectivity index (χ3n) is 2.55. The number of carbonyl (C=O) groups excluding carboxylic acids is 1. The van der Waals surface area contributed by atoms with Crippen molar-refractivity contribution in [3.8, 4) is 5.75 Å². The fraction of sp³-hybridized carbons (Fsp3) is 0.133. The summed E-state index contributed by atoms with van der Waals surface area (Å²) in [7, 11) is 0. The lowest BCUT2D eigenvalue weighted by Crippen LogP contribution is -2.33. The minimum absolute atomic E-state index is 0.352. The van der Waals surface area contributed by atoms with Crippen molar-refractivity contribution in [2.24, 2.45) is 5.10 Å². The van der Waals surface area contributed by atoms with E-state index < -0.39 is 6.10 Å². The number of benzene rings is 1. The largest absolute Gasteiger partial charge is 0.481 e. The van der Waals surface area contributed by atoms with Gasteiger partial charge >= 0.3 is 0 Å². The molecule has 1 atom stereocenters. The van der Waals surface area contributed by atoms with Crippen molar-refractivity contribution in [3.63, 3.8) is 0 Å². The van der Waals surface area contributed by atoms with Crippen molar-refractivity contribution < 1.29 is 9.53 Å². The lowest BCUT2D eigenvalue weighted by atomic mass is 10.3. The van der Waals surface area contributed by atoms with E-state index in [0.29, 0.717) is 10.8 Å². The summed E-state index contributed by atoms with van der Waals surface area (Å²) in [6.45, 7) is 1.63. The smallest absolute Gasteiger partial charge is 0.280 e. The number of hydrogen-bond acceptors (Lipinski definition) is 4. The maximum absolute atomic E-state index is 11.8. The Labute approximate surface area is 127 Å². The standard InChI is InChI=1S/C15H14ClN3O2/c1-11(21-14-6-2-5-13(16)8-14)15(20)19-18-10-12-4-3-7-17-9-12/h2-11H,1H3,(H,19,20). The highest BCUT2D eigenvalue weighted by Gasteiger charge is 2.13. The number of nitrogens with zero attached hydrogens (tertiary/aromatic N) is 2. The SMILES string of the molecule is CC(Oc1cccc(Cl)c1)C(=O)NN=Cc1cccnc1. The lowest BCUT2D eigenvalue weighted by Gasteiger charge is -2.12. The first-order valence-corrected chi connectivity index (χ1v) is 6.68. The Balaban J connectivity index is 1.87. The molecule has 0 spiro atoms. The Morgan fingerprint density at radius 3 is 3.00 bits per heavy atom. The molecule has 0 aliphatic heterocycles. The molecule has 1 unspecified atom stereocenters. The molecule has 1 amide bonds. The molecule has 1 aromatic carbocycles. The van der Waals surface area contributed by atoms with E-state index in [1.165, 1.54) is 6.21 Å². The predicted octanol–water partition coefficient (Wildman–Crippen LogP) is 2.65. The summed E-state index contributed by atoms with van der Waals surface area (Å²) in [4.78, 5) is 15.8. The topological polar surface area (TPSA) is 63.6 Å². The van der Waals surface area contributed by atoms with Gasteiger partial charge in [-0.3, -0.25) is 9.78 Å². The maximum Gasteiger partial charge on any atom is 0.280 e. The molecule has 0 aliphatic rings. The van der Waals surface area contributed by atoms with Crippen LogP contribution in [0.5, 0.6) is 5.75 Å². The second-order valence-electron chi connectivity index (χ2n) is 4.24. The molecule has 0 aliphatic carbocycles. The van der Waals surface area contributed by atoms with Crippen molar-refractivity contribution in [2.45, 2.75) is 13.0 Å². The zero-order valence-corrected chi connectivity index (χ0v) is 12.1. The van der Waals surface area contributed by atoms with Crippen LogP contribution in [0.15, 0.2) is 53.9 Å². The van der Waals surface area contributed by atoms with Crippen LogP contribution in [0.3, 0.4) is 0 Å². The summed E-state index contributed by atoms with van der Waals surface area (Å²) in [6, 6.07) is 10.5. The quantitative estimate of drug-likeness (QED) is 0.682. The lowest BCUT2D eigenvalue weighted by molar-refractivity contribution is -0.127. The molecule has 2 rings (SSSR count). The van der Waals surface area contributed by atoms with E-state index in [1.54, 1.807) is 49.6 Å². The molecular formula is C15H14ClN3O2. The van der Waals surface area contributed by atoms with Gasteiger partial charge in [-0.05, 0) is 31.2 Å². The number of amides is 1. The van der Waals surface area contributed by atoms with Crippen LogP contribution < -0.4 is 10.2 Å². The highest BCUT2D eigenvalue weighted by atomic mass is 35.5. The van der Waals surface area contributed by atoms with E-state index in [-0.39, 0.29) is 5.91 Å². The third-order valence-corrected chi connectivity index (χ3v) is 2.79. The average Bonchev–Trinajstić information content (AvgIpc) is 2.48. The van der Waals surface area contributed by atoms with Gasteiger partial charge in [0.1, 0.15) is 5.75 Å². The van der Waals surface area contributed by atoms with E-state index in [2.05, 4.69) is 15.5 Å². The summed E-state index contributed by atoms with van der Waals surface area (Å²) >= 11 is 5.85. The number of halogens is 1. The van der Waals surface area contributed by atoms with Gasteiger partial charge in [-0.2, -0.15) is 5.10 Å². The first-order valence-electron chi connectivity index (χ1n) is 6.30. The number of ether oxygens (including phenoxy) is 1. The van der Waals surface area contributed by atoms with Crippen LogP contribution >= 0.6 is 11.6 Å². The van der Waals surface area contributed by atoms with Crippen LogP contribution in [0.25, 0.3) is 0 Å². The maximum atomic E-state index is 11.8. The molecule has 1 N–H and O–H groups in total. The number of nitrogens with one attached hydrogen (secondary N) is 1. The molecule has 0 saturated heterocycles. The summed E-state index contributed by atoms with van der Waals surface area (Å²) in [5.74, 6) is 0.177. The molecule has 108 valence electrons. The first kappa shape index (κ1) is 15.0. The number of pyridine rings is 1. The molecule has 2 aromatic rings. The monoisotopic (exact) mass is 303 g/mol. The number of carbonyl (C=O) groups is 1. The molecule has 1 aromatic heterocycles. The molecule has 0 saturated carbocycles. The minimum atomic E-state index is -0.686. The summed E-state index contributed by atoms with van der Waals surface area (Å²) in [5.41, 5.74) is 3.20. The van der Waals surface area contributed by atoms with Gasteiger partial charge in [0, 0.05) is 23.0 Å². The third kappa shape index (κ3) is 4.89. The van der Waals surface area contributed by atoms with Crippen molar-refractivity contribution >= 4 is 23.7 Å². The van der Waals surface area contributed by atoms with Gasteiger partial charge < -0.3 is 4.74 Å². The Morgan fingerprint density at radius 2 is 2.29 bits per heavy atom. The summed E-state index contributed by atoms with van der Waals surface area (Å²) in [6.07, 6.45) is 4.13. The summed E-state index contributed by atoms with van der Waals surface area (Å²) in [5, 5.41) is 4.40. The van der Waals surface area contributed by atoms with Gasteiger partial charge in [-0.1, -0.05) is 23.7 Å². The number of rotatable bonds is 5. The van der Waals surface area contributed by atoms with E-state index >= 15 is 0 Å². The van der Waals surface area contributed by atoms with Gasteiger partial charge in [0.25, 0.3) is 5.91 Å². The van der Waals surface area contributed by atoms with Gasteiger partial charge in [-0.25, -0.2) is 5.43 Å². The van der Waals surface area contributed by atoms with Crippen LogP contribution in [0, 0.1) is 0 Å². The second-order valence-corrected chi connectivity index (χ2v) is 4.67. The van der Waals surface area contributed by atoms with Crippen LogP contribution in [-0.2, 0) is 4.79 Å². The minimum Gasteiger partial charge on any atom is -0.481 e. The Bertz CT molecular complexity index is 632. The normalized spacial score (nSPS) is 12.1. The fourth-order valence-electron chi connectivity index (χ4n) is 1.51. The van der Waals surface area contributed by atoms with E-state index in [1.807, 2.05) is 6.07 Å². The molecule has 21 heavy (non-hydrogen) atoms. The van der Waals surface area contributed by atoms with E-state index in [9.17, 15) is 4.79 Å². The fourth-order valence-corrected chi connectivity index (χ4v) is 1.69. The Morgan fingerprint density at radius 1 is 1.43 bits per heavy atom. The van der Waals surface area contributed by atoms with E-state index in [4.69, 9.17) is 16.3 Å². The Hall–Kier alpha value is -2.40. The molecule has 1 heterocycles. The molecule has 0 bridgehead atoms. The van der Waals surface area contributed by atoms with Gasteiger partial charge in [-0.15, -0.1) is 0 Å². The molecule has 6 heteroatoms. The molecule has 0 fully saturated rings. The number of hydrogen-bond donors (Lipinski definition) is 1. The van der Waals surface area contributed by atoms with Crippen molar-refractivity contribution in [1.82, 2.24) is 10.4 Å². The van der Waals surface area contributed by atoms with Gasteiger partial charge in [0.2, 0.25) is 0 Å². The van der Waals surface area contributed by atoms with Crippen molar-refractivity contribution in [2.75, 3.05) is 0 Å². The van der Waals surface area contributed by atoms with Crippen LogP contribution in [0.4, 0.5) is 0 Å². The zero-order chi connectivity index (χ0) is 15.1. The molecular weight excluding hydrogens is 290 g/mol. The molecule has 5 nitrogen and oxygen atoms in total. The van der Waals surface area contributed by atoms with Crippen LogP contribution in [-0.4, -0.2) is 23.2 Å². The van der Waals surface area contributed by atoms with Crippen LogP contribution in [0.2, 0.25) is 5.02 Å². The predicted molar refractivity (Wildman–Crippen MR) is 81.5 cm³/mol. The Kier molecular flexibility index (Phi) is 5.29. The van der Waals surface area contributed by atoms with Crippen molar-refractivity contribution in [1.29, 1.82) is 0 Å². The highest BCUT2D eigenvalue weighted by molar-refractivity contribution is 6.30. The van der Waals surface area contributed by atoms with E-state index in [0.717, 1.165) is 5.56 Å².